The summed E-state index contributed by atoms with van der Waals surface area (Å²) < 4.78 is 59.6. The summed E-state index contributed by atoms with van der Waals surface area (Å²) in [5.74, 6) is -0.650. The third-order valence-corrected chi connectivity index (χ3v) is 12.1. The lowest BCUT2D eigenvalue weighted by atomic mass is 9.38. The smallest absolute Gasteiger partial charge is 0.338 e. The molecule has 35 heavy (non-hydrogen) atoms. The van der Waals surface area contributed by atoms with Crippen LogP contribution in [0.1, 0.15) is 32.8 Å². The van der Waals surface area contributed by atoms with E-state index in [9.17, 15) is 8.42 Å². The molecule has 4 bridgehead atoms. The molecule has 0 aromatic heterocycles. The highest BCUT2D eigenvalue weighted by atomic mass is 32.2. The van der Waals surface area contributed by atoms with Crippen molar-refractivity contribution in [2.45, 2.75) is 82.2 Å². The molecular weight excluding hydrogens is 484 g/mol. The van der Waals surface area contributed by atoms with Crippen molar-refractivity contribution in [1.82, 2.24) is 0 Å². The molecule has 9 heteroatoms. The molecule has 7 unspecified atom stereocenters. The average molecular weight is 521 g/mol. The van der Waals surface area contributed by atoms with Gasteiger partial charge in [0.2, 0.25) is 5.79 Å². The summed E-state index contributed by atoms with van der Waals surface area (Å²) >= 11 is 0. The summed E-state index contributed by atoms with van der Waals surface area (Å²) in [7, 11) is -4.52. The van der Waals surface area contributed by atoms with Crippen LogP contribution in [-0.4, -0.2) is 54.0 Å². The van der Waals surface area contributed by atoms with Crippen LogP contribution in [0, 0.1) is 29.1 Å². The van der Waals surface area contributed by atoms with Crippen LogP contribution >= 0.6 is 0 Å². The minimum Gasteiger partial charge on any atom is -0.408 e. The van der Waals surface area contributed by atoms with Gasteiger partial charge in [-0.1, -0.05) is 31.5 Å². The lowest BCUT2D eigenvalue weighted by Gasteiger charge is -2.68. The number of benzene rings is 1. The average Bonchev–Trinajstić information content (AvgIpc) is 3.36. The van der Waals surface area contributed by atoms with E-state index in [1.165, 1.54) is 0 Å². The highest BCUT2D eigenvalue weighted by Crippen LogP contribution is 2.87. The Kier molecular flexibility index (Phi) is 4.55. The maximum absolute atomic E-state index is 13.5. The number of methoxy groups -OCH3 is 1. The predicted octanol–water partition coefficient (Wildman–Crippen LogP) is 4.38. The Labute approximate surface area is 209 Å². The van der Waals surface area contributed by atoms with E-state index < -0.39 is 52.2 Å². The fraction of sp³-hybridized carbons (Fsp3) is 0.692. The Morgan fingerprint density at radius 2 is 1.77 bits per heavy atom. The Morgan fingerprint density at radius 3 is 2.37 bits per heavy atom. The van der Waals surface area contributed by atoms with Crippen LogP contribution in [0.25, 0.3) is 0 Å². The number of hydrogen-bond donors (Lipinski definition) is 0. The molecule has 2 spiro atoms. The van der Waals surface area contributed by atoms with E-state index in [2.05, 4.69) is 33.5 Å². The number of epoxide rings is 1. The van der Waals surface area contributed by atoms with Gasteiger partial charge in [-0.2, -0.15) is 8.42 Å². The van der Waals surface area contributed by atoms with Gasteiger partial charge in [-0.05, 0) is 64.0 Å². The Bertz CT molecular complexity index is 1240. The van der Waals surface area contributed by atoms with Crippen LogP contribution < -0.4 is 0 Å². The zero-order valence-corrected chi connectivity index (χ0v) is 23.6. The van der Waals surface area contributed by atoms with Gasteiger partial charge >= 0.3 is 10.1 Å². The van der Waals surface area contributed by atoms with Gasteiger partial charge in [-0.25, -0.2) is 0 Å². The predicted molar refractivity (Wildman–Crippen MR) is 131 cm³/mol. The summed E-state index contributed by atoms with van der Waals surface area (Å²) in [5.41, 5.74) is -1.66. The summed E-state index contributed by atoms with van der Waals surface area (Å²) in [4.78, 5) is 0.126. The first-order chi connectivity index (χ1) is 16.2. The molecule has 2 aliphatic heterocycles. The van der Waals surface area contributed by atoms with E-state index >= 15 is 0 Å². The summed E-state index contributed by atoms with van der Waals surface area (Å²) in [6.45, 7) is 15.1. The second-order valence-corrected chi connectivity index (χ2v) is 18.5. The normalized spacial score (nSPS) is 47.3. The molecule has 1 aromatic carbocycles. The van der Waals surface area contributed by atoms with E-state index in [1.54, 1.807) is 31.4 Å². The molecule has 192 valence electrons. The maximum Gasteiger partial charge on any atom is 0.338 e. The Hall–Kier alpha value is -1.23. The summed E-state index contributed by atoms with van der Waals surface area (Å²) in [6.07, 6.45) is 2.56. The molecule has 1 aromatic rings. The first-order valence-electron chi connectivity index (χ1n) is 12.4. The van der Waals surface area contributed by atoms with E-state index in [1.807, 2.05) is 19.9 Å². The van der Waals surface area contributed by atoms with Crippen LogP contribution in [-0.2, 0) is 32.9 Å². The second kappa shape index (κ2) is 6.60. The fourth-order valence-electron chi connectivity index (χ4n) is 8.15. The highest BCUT2D eigenvalue weighted by molar-refractivity contribution is 7.86. The lowest BCUT2D eigenvalue weighted by Crippen LogP contribution is -2.79. The molecule has 7 rings (SSSR count). The SMILES string of the molecule is COC12OCC3(C)C1(C)C(OS(=O)(=O)c1ccc(C)cc1)=CC1(C2O[Si](C)(C)C)[C@@H](C)CC2OC213. The van der Waals surface area contributed by atoms with E-state index in [0.29, 0.717) is 12.4 Å². The molecule has 0 radical (unpaired) electrons. The molecule has 2 saturated carbocycles. The van der Waals surface area contributed by atoms with E-state index in [-0.39, 0.29) is 16.9 Å². The Balaban J connectivity index is 1.59. The van der Waals surface area contributed by atoms with Crippen molar-refractivity contribution < 1.29 is 31.2 Å². The van der Waals surface area contributed by atoms with Crippen LogP contribution in [0.15, 0.2) is 41.0 Å². The van der Waals surface area contributed by atoms with Crippen LogP contribution in [0.3, 0.4) is 0 Å². The number of ether oxygens (including phenoxy) is 3. The van der Waals surface area contributed by atoms with Crippen molar-refractivity contribution in [3.8, 4) is 0 Å². The van der Waals surface area contributed by atoms with Crippen LogP contribution in [0.2, 0.25) is 19.6 Å². The van der Waals surface area contributed by atoms with Gasteiger partial charge in [0.15, 0.2) is 8.32 Å². The van der Waals surface area contributed by atoms with Gasteiger partial charge in [0.25, 0.3) is 0 Å². The van der Waals surface area contributed by atoms with Crippen molar-refractivity contribution in [2.24, 2.45) is 22.2 Å². The molecule has 0 N–H and O–H groups in total. The fourth-order valence-corrected chi connectivity index (χ4v) is 10.2. The van der Waals surface area contributed by atoms with Crippen molar-refractivity contribution in [3.05, 3.63) is 41.7 Å². The first kappa shape index (κ1) is 24.1. The molecular formula is C26H36O7SSi. The minimum absolute atomic E-state index is 0.0811. The van der Waals surface area contributed by atoms with Crippen LogP contribution in [0.4, 0.5) is 0 Å². The number of rotatable bonds is 6. The molecule has 4 fully saturated rings. The molecule has 2 heterocycles. The topological polar surface area (TPSA) is 83.6 Å². The largest absolute Gasteiger partial charge is 0.408 e. The molecule has 6 aliphatic rings. The highest BCUT2D eigenvalue weighted by Gasteiger charge is 2.98. The molecule has 8 atom stereocenters. The number of hydrogen-bond acceptors (Lipinski definition) is 7. The van der Waals surface area contributed by atoms with E-state index in [0.717, 1.165) is 12.0 Å². The lowest BCUT2D eigenvalue weighted by molar-refractivity contribution is -0.341. The first-order valence-corrected chi connectivity index (χ1v) is 17.3. The van der Waals surface area contributed by atoms with Crippen molar-refractivity contribution >= 4 is 18.4 Å². The van der Waals surface area contributed by atoms with E-state index in [4.69, 9.17) is 22.8 Å². The molecule has 4 aliphatic carbocycles. The quantitative estimate of drug-likeness (QED) is 0.313. The number of aryl methyl sites for hydroxylation is 1. The van der Waals surface area contributed by atoms with Crippen LogP contribution in [0.5, 0.6) is 0 Å². The van der Waals surface area contributed by atoms with Gasteiger partial charge in [-0.15, -0.1) is 0 Å². The van der Waals surface area contributed by atoms with Gasteiger partial charge in [0.1, 0.15) is 22.4 Å². The molecule has 0 amide bonds. The van der Waals surface area contributed by atoms with Crippen molar-refractivity contribution in [1.29, 1.82) is 0 Å². The second-order valence-electron chi connectivity index (χ2n) is 12.5. The molecule has 2 saturated heterocycles. The zero-order chi connectivity index (χ0) is 25.4. The Morgan fingerprint density at radius 1 is 1.11 bits per heavy atom. The van der Waals surface area contributed by atoms with Crippen molar-refractivity contribution in [3.63, 3.8) is 0 Å². The third kappa shape index (κ3) is 2.44. The summed E-state index contributed by atoms with van der Waals surface area (Å²) in [5, 5.41) is 0. The molecule has 7 nitrogen and oxygen atoms in total. The zero-order valence-electron chi connectivity index (χ0n) is 21.8. The maximum atomic E-state index is 13.5. The van der Waals surface area contributed by atoms with Gasteiger partial charge < -0.3 is 22.8 Å². The van der Waals surface area contributed by atoms with Crippen molar-refractivity contribution in [2.75, 3.05) is 13.7 Å². The monoisotopic (exact) mass is 520 g/mol. The standard InChI is InChI=1S/C26H36O7SSi/c1-16-9-11-18(12-10-16)34(27,28)32-20-14-24-17(2)13-19-25(24,31-19)22(3)15-30-26(29-5,23(20,22)4)21(24)33-35(6,7)8/h9-12,14,17,19,21H,13,15H2,1-8H3/t17-,19?,21?,22?,23?,24?,25?,26?/m0/s1. The van der Waals surface area contributed by atoms with Gasteiger partial charge in [0.05, 0.1) is 23.5 Å². The summed E-state index contributed by atoms with van der Waals surface area (Å²) in [6, 6.07) is 6.72. The van der Waals surface area contributed by atoms with Gasteiger partial charge in [-0.3, -0.25) is 0 Å². The van der Waals surface area contributed by atoms with Gasteiger partial charge in [0, 0.05) is 12.5 Å². The third-order valence-electron chi connectivity index (χ3n) is 9.87. The minimum atomic E-state index is -4.08.